The fourth-order valence-corrected chi connectivity index (χ4v) is 2.20. The minimum Gasteiger partial charge on any atom is -0.383 e. The summed E-state index contributed by atoms with van der Waals surface area (Å²) < 4.78 is 0. The number of aromatic nitrogens is 2. The van der Waals surface area contributed by atoms with Crippen LogP contribution in [-0.2, 0) is 0 Å². The van der Waals surface area contributed by atoms with Crippen LogP contribution in [-0.4, -0.2) is 40.5 Å². The van der Waals surface area contributed by atoms with E-state index in [1.165, 1.54) is 32.3 Å². The third kappa shape index (κ3) is 2.85. The molecule has 1 aromatic rings. The summed E-state index contributed by atoms with van der Waals surface area (Å²) in [5.41, 5.74) is 6.68. The lowest BCUT2D eigenvalue weighted by Gasteiger charge is -2.24. The van der Waals surface area contributed by atoms with Crippen molar-refractivity contribution >= 4 is 11.6 Å². The molecule has 0 amide bonds. The molecular weight excluding hydrogens is 214 g/mol. The van der Waals surface area contributed by atoms with E-state index in [0.717, 1.165) is 17.9 Å². The second kappa shape index (κ2) is 5.31. The van der Waals surface area contributed by atoms with E-state index in [1.807, 2.05) is 6.92 Å². The minimum atomic E-state index is 0.535. The van der Waals surface area contributed by atoms with Crippen LogP contribution in [0, 0.1) is 6.92 Å². The molecule has 1 atom stereocenters. The Labute approximate surface area is 102 Å². The smallest absolute Gasteiger partial charge is 0.134 e. The number of hydrogen-bond acceptors (Lipinski definition) is 5. The van der Waals surface area contributed by atoms with Crippen molar-refractivity contribution in [3.63, 3.8) is 0 Å². The number of nitrogen functional groups attached to an aromatic ring is 1. The van der Waals surface area contributed by atoms with E-state index in [2.05, 4.69) is 27.1 Å². The quantitative estimate of drug-likeness (QED) is 0.822. The average Bonchev–Trinajstić information content (AvgIpc) is 2.84. The van der Waals surface area contributed by atoms with Gasteiger partial charge in [0.25, 0.3) is 0 Å². The zero-order chi connectivity index (χ0) is 12.3. The number of hydrogen-bond donors (Lipinski definition) is 2. The van der Waals surface area contributed by atoms with Gasteiger partial charge in [0.15, 0.2) is 0 Å². The topological polar surface area (TPSA) is 67.1 Å². The molecule has 1 aliphatic heterocycles. The largest absolute Gasteiger partial charge is 0.383 e. The number of likely N-dealkylation sites (tertiary alicyclic amines) is 1. The molecule has 5 heteroatoms. The Morgan fingerprint density at radius 1 is 1.41 bits per heavy atom. The first-order valence-corrected chi connectivity index (χ1v) is 6.23. The number of nitrogens with two attached hydrogens (primary N) is 1. The molecule has 1 aliphatic rings. The highest BCUT2D eigenvalue weighted by molar-refractivity contribution is 5.53. The van der Waals surface area contributed by atoms with Crippen molar-refractivity contribution in [1.82, 2.24) is 14.9 Å². The maximum Gasteiger partial charge on any atom is 0.134 e. The Morgan fingerprint density at radius 3 is 2.82 bits per heavy atom. The zero-order valence-corrected chi connectivity index (χ0v) is 10.6. The molecule has 2 heterocycles. The van der Waals surface area contributed by atoms with Gasteiger partial charge in [0, 0.05) is 18.2 Å². The maximum atomic E-state index is 5.75. The summed E-state index contributed by atoms with van der Waals surface area (Å²) in [5.74, 6) is 1.40. The molecule has 1 saturated heterocycles. The van der Waals surface area contributed by atoms with E-state index in [0.29, 0.717) is 11.9 Å². The van der Waals surface area contributed by atoms with Gasteiger partial charge in [-0.25, -0.2) is 9.97 Å². The van der Waals surface area contributed by atoms with Gasteiger partial charge in [0.05, 0.1) is 0 Å². The van der Waals surface area contributed by atoms with Crippen LogP contribution in [0.3, 0.4) is 0 Å². The first-order chi connectivity index (χ1) is 8.18. The van der Waals surface area contributed by atoms with Gasteiger partial charge in [-0.15, -0.1) is 0 Å². The van der Waals surface area contributed by atoms with Gasteiger partial charge in [0.2, 0.25) is 0 Å². The summed E-state index contributed by atoms with van der Waals surface area (Å²) >= 11 is 0. The molecule has 17 heavy (non-hydrogen) atoms. The predicted octanol–water partition coefficient (Wildman–Crippen LogP) is 1.26. The predicted molar refractivity (Wildman–Crippen MR) is 69.9 cm³/mol. The van der Waals surface area contributed by atoms with Crippen molar-refractivity contribution in [3.05, 3.63) is 11.9 Å². The van der Waals surface area contributed by atoms with Crippen LogP contribution in [0.15, 0.2) is 6.33 Å². The van der Waals surface area contributed by atoms with Crippen LogP contribution in [0.25, 0.3) is 0 Å². The van der Waals surface area contributed by atoms with Gasteiger partial charge in [-0.1, -0.05) is 0 Å². The third-order valence-corrected chi connectivity index (χ3v) is 3.45. The second-order valence-corrected chi connectivity index (χ2v) is 4.71. The monoisotopic (exact) mass is 235 g/mol. The van der Waals surface area contributed by atoms with Gasteiger partial charge >= 0.3 is 0 Å². The zero-order valence-electron chi connectivity index (χ0n) is 10.6. The lowest BCUT2D eigenvalue weighted by molar-refractivity contribution is 0.269. The van der Waals surface area contributed by atoms with E-state index in [-0.39, 0.29) is 0 Å². The summed E-state index contributed by atoms with van der Waals surface area (Å²) in [6, 6.07) is 0.535. The van der Waals surface area contributed by atoms with Crippen LogP contribution >= 0.6 is 0 Å². The summed E-state index contributed by atoms with van der Waals surface area (Å²) in [6.07, 6.45) is 4.15. The Kier molecular flexibility index (Phi) is 3.78. The van der Waals surface area contributed by atoms with Gasteiger partial charge < -0.3 is 11.1 Å². The summed E-state index contributed by atoms with van der Waals surface area (Å²) in [5, 5.41) is 3.36. The Bertz CT molecular complexity index is 373. The first kappa shape index (κ1) is 12.1. The van der Waals surface area contributed by atoms with E-state index >= 15 is 0 Å². The molecule has 0 radical (unpaired) electrons. The molecule has 94 valence electrons. The number of nitrogens with zero attached hydrogens (tertiary/aromatic N) is 3. The highest BCUT2D eigenvalue weighted by atomic mass is 15.2. The van der Waals surface area contributed by atoms with Crippen LogP contribution in [0.1, 0.15) is 25.3 Å². The summed E-state index contributed by atoms with van der Waals surface area (Å²) in [7, 11) is 0. The fourth-order valence-electron chi connectivity index (χ4n) is 2.20. The van der Waals surface area contributed by atoms with Crippen molar-refractivity contribution in [2.24, 2.45) is 0 Å². The van der Waals surface area contributed by atoms with Crippen molar-refractivity contribution in [3.8, 4) is 0 Å². The lowest BCUT2D eigenvalue weighted by atomic mass is 10.2. The van der Waals surface area contributed by atoms with Gasteiger partial charge in [-0.3, -0.25) is 4.90 Å². The third-order valence-electron chi connectivity index (χ3n) is 3.45. The van der Waals surface area contributed by atoms with E-state index in [9.17, 15) is 0 Å². The summed E-state index contributed by atoms with van der Waals surface area (Å²) in [6.45, 7) is 7.52. The maximum absolute atomic E-state index is 5.75. The molecule has 5 nitrogen and oxygen atoms in total. The molecule has 1 unspecified atom stereocenters. The van der Waals surface area contributed by atoms with E-state index in [1.54, 1.807) is 0 Å². The molecule has 2 rings (SSSR count). The normalized spacial score (nSPS) is 18.2. The molecule has 0 aromatic carbocycles. The average molecular weight is 235 g/mol. The van der Waals surface area contributed by atoms with Crippen molar-refractivity contribution in [1.29, 1.82) is 0 Å². The number of nitrogens with one attached hydrogen (secondary N) is 1. The number of rotatable bonds is 4. The molecular formula is C12H21N5. The van der Waals surface area contributed by atoms with Gasteiger partial charge in [-0.2, -0.15) is 0 Å². The van der Waals surface area contributed by atoms with Crippen LogP contribution in [0.5, 0.6) is 0 Å². The molecule has 0 aliphatic carbocycles. The molecule has 3 N–H and O–H groups in total. The Morgan fingerprint density at radius 2 is 2.12 bits per heavy atom. The molecule has 1 fully saturated rings. The summed E-state index contributed by atoms with van der Waals surface area (Å²) in [4.78, 5) is 10.7. The minimum absolute atomic E-state index is 0.535. The standard InChI is InChI=1S/C12H21N5/c1-9(17-5-3-4-6-17)7-14-12-10(2)11(13)15-8-16-12/h8-9H,3-7H2,1-2H3,(H3,13,14,15,16). The second-order valence-electron chi connectivity index (χ2n) is 4.71. The Balaban J connectivity index is 1.90. The van der Waals surface area contributed by atoms with Crippen LogP contribution < -0.4 is 11.1 Å². The van der Waals surface area contributed by atoms with Crippen molar-refractivity contribution in [2.45, 2.75) is 32.7 Å². The van der Waals surface area contributed by atoms with E-state index in [4.69, 9.17) is 5.73 Å². The van der Waals surface area contributed by atoms with E-state index < -0.39 is 0 Å². The van der Waals surface area contributed by atoms with Crippen LogP contribution in [0.2, 0.25) is 0 Å². The molecule has 0 bridgehead atoms. The van der Waals surface area contributed by atoms with Crippen molar-refractivity contribution in [2.75, 3.05) is 30.7 Å². The molecule has 0 saturated carbocycles. The molecule has 1 aromatic heterocycles. The highest BCUT2D eigenvalue weighted by Gasteiger charge is 2.17. The SMILES string of the molecule is Cc1c(N)ncnc1NCC(C)N1CCCC1. The first-order valence-electron chi connectivity index (χ1n) is 6.23. The van der Waals surface area contributed by atoms with Crippen LogP contribution in [0.4, 0.5) is 11.6 Å². The fraction of sp³-hybridized carbons (Fsp3) is 0.667. The number of anilines is 2. The van der Waals surface area contributed by atoms with Crippen molar-refractivity contribution < 1.29 is 0 Å². The Hall–Kier alpha value is -1.36. The lowest BCUT2D eigenvalue weighted by Crippen LogP contribution is -2.35. The van der Waals surface area contributed by atoms with Gasteiger partial charge in [0.1, 0.15) is 18.0 Å². The van der Waals surface area contributed by atoms with Gasteiger partial charge in [-0.05, 0) is 39.8 Å². The molecule has 0 spiro atoms. The highest BCUT2D eigenvalue weighted by Crippen LogP contribution is 2.16.